The zero-order valence-corrected chi connectivity index (χ0v) is 26.1. The van der Waals surface area contributed by atoms with Crippen molar-refractivity contribution in [2.45, 2.75) is 64.7 Å². The molecule has 1 N–H and O–H groups in total. The van der Waals surface area contributed by atoms with E-state index in [0.717, 1.165) is 58.3 Å². The van der Waals surface area contributed by atoms with Crippen molar-refractivity contribution >= 4 is 27.5 Å². The lowest BCUT2D eigenvalue weighted by atomic mass is 10.0. The number of amides is 2. The molecule has 0 aromatic heterocycles. The molecule has 44 heavy (non-hydrogen) atoms. The van der Waals surface area contributed by atoms with Crippen LogP contribution in [0.3, 0.4) is 0 Å². The molecule has 0 aliphatic rings. The molecule has 1 atom stereocenters. The largest absolute Gasteiger partial charge is 0.416 e. The van der Waals surface area contributed by atoms with Crippen molar-refractivity contribution < 1.29 is 31.2 Å². The Labute approximate surface area is 258 Å². The fraction of sp³-hybridized carbons (Fsp3) is 0.394. The molecule has 0 saturated heterocycles. The summed E-state index contributed by atoms with van der Waals surface area (Å²) in [6, 6.07) is 20.3. The van der Waals surface area contributed by atoms with E-state index in [1.165, 1.54) is 11.0 Å². The molecule has 0 saturated carbocycles. The zero-order chi connectivity index (χ0) is 32.3. The lowest BCUT2D eigenvalue weighted by Gasteiger charge is -2.32. The number of halogens is 3. The monoisotopic (exact) mass is 631 g/mol. The van der Waals surface area contributed by atoms with Gasteiger partial charge in [-0.15, -0.1) is 0 Å². The fourth-order valence-electron chi connectivity index (χ4n) is 4.79. The van der Waals surface area contributed by atoms with Crippen LogP contribution >= 0.6 is 0 Å². The van der Waals surface area contributed by atoms with Gasteiger partial charge in [0.1, 0.15) is 6.04 Å². The van der Waals surface area contributed by atoms with Crippen LogP contribution in [-0.2, 0) is 38.8 Å². The molecule has 3 aromatic rings. The maximum absolute atomic E-state index is 13.9. The molecule has 0 radical (unpaired) electrons. The van der Waals surface area contributed by atoms with Gasteiger partial charge in [0.25, 0.3) is 0 Å². The number of hydrogen-bond acceptors (Lipinski definition) is 4. The lowest BCUT2D eigenvalue weighted by Crippen LogP contribution is -2.50. The highest BCUT2D eigenvalue weighted by atomic mass is 32.2. The molecule has 1 unspecified atom stereocenters. The number of alkyl halides is 3. The Kier molecular flexibility index (Phi) is 12.4. The average Bonchev–Trinajstić information content (AvgIpc) is 2.97. The van der Waals surface area contributed by atoms with Gasteiger partial charge in [-0.1, -0.05) is 79.6 Å². The maximum Gasteiger partial charge on any atom is 0.416 e. The van der Waals surface area contributed by atoms with Crippen LogP contribution in [0.5, 0.6) is 0 Å². The Morgan fingerprint density at radius 1 is 0.909 bits per heavy atom. The van der Waals surface area contributed by atoms with E-state index in [-0.39, 0.29) is 49.9 Å². The predicted molar refractivity (Wildman–Crippen MR) is 166 cm³/mol. The molecule has 3 aromatic carbocycles. The summed E-state index contributed by atoms with van der Waals surface area (Å²) in [5.41, 5.74) is 1.63. The number of anilines is 1. The summed E-state index contributed by atoms with van der Waals surface area (Å²) in [4.78, 5) is 28.9. The van der Waals surface area contributed by atoms with Crippen LogP contribution in [0.4, 0.5) is 18.9 Å². The summed E-state index contributed by atoms with van der Waals surface area (Å²) in [7, 11) is -3.96. The van der Waals surface area contributed by atoms with E-state index in [9.17, 15) is 31.2 Å². The van der Waals surface area contributed by atoms with Crippen LogP contribution in [0, 0.1) is 6.92 Å². The molecule has 238 valence electrons. The summed E-state index contributed by atoms with van der Waals surface area (Å²) in [5, 5.41) is 2.96. The number of unbranched alkanes of at least 4 members (excludes halogenated alkanes) is 1. The number of nitrogens with zero attached hydrogens (tertiary/aromatic N) is 2. The lowest BCUT2D eigenvalue weighted by molar-refractivity contribution is -0.141. The number of aryl methyl sites for hydroxylation is 1. The fourth-order valence-corrected chi connectivity index (χ4v) is 5.75. The van der Waals surface area contributed by atoms with Gasteiger partial charge in [-0.25, -0.2) is 8.42 Å². The number of hydrogen-bond donors (Lipinski definition) is 1. The molecule has 0 spiro atoms. The van der Waals surface area contributed by atoms with Crippen LogP contribution in [0.15, 0.2) is 78.9 Å². The van der Waals surface area contributed by atoms with Crippen molar-refractivity contribution in [1.29, 1.82) is 0 Å². The van der Waals surface area contributed by atoms with Crippen LogP contribution in [0.25, 0.3) is 0 Å². The molecular formula is C33H40F3N3O4S. The molecule has 0 aliphatic heterocycles. The quantitative estimate of drug-likeness (QED) is 0.205. The molecule has 0 aliphatic carbocycles. The number of carbonyl (C=O) groups excluding carboxylic acids is 2. The first-order valence-electron chi connectivity index (χ1n) is 14.6. The van der Waals surface area contributed by atoms with Gasteiger partial charge in [0, 0.05) is 32.5 Å². The number of benzene rings is 3. The molecule has 3 rings (SSSR count). The van der Waals surface area contributed by atoms with E-state index >= 15 is 0 Å². The van der Waals surface area contributed by atoms with E-state index in [4.69, 9.17) is 0 Å². The summed E-state index contributed by atoms with van der Waals surface area (Å²) in [5.74, 6) is -0.654. The van der Waals surface area contributed by atoms with E-state index < -0.39 is 27.8 Å². The first-order chi connectivity index (χ1) is 20.8. The van der Waals surface area contributed by atoms with Gasteiger partial charge in [0.15, 0.2) is 0 Å². The average molecular weight is 632 g/mol. The summed E-state index contributed by atoms with van der Waals surface area (Å²) in [6.07, 6.45) is -1.88. The first-order valence-corrected chi connectivity index (χ1v) is 16.5. The molecular weight excluding hydrogens is 591 g/mol. The maximum atomic E-state index is 13.9. The van der Waals surface area contributed by atoms with Crippen LogP contribution in [0.2, 0.25) is 0 Å². The van der Waals surface area contributed by atoms with Crippen molar-refractivity contribution in [3.05, 3.63) is 101 Å². The van der Waals surface area contributed by atoms with Gasteiger partial charge >= 0.3 is 6.18 Å². The Morgan fingerprint density at radius 2 is 1.59 bits per heavy atom. The molecule has 2 amide bonds. The molecule has 0 heterocycles. The highest BCUT2D eigenvalue weighted by Crippen LogP contribution is 2.32. The van der Waals surface area contributed by atoms with Gasteiger partial charge < -0.3 is 10.2 Å². The van der Waals surface area contributed by atoms with E-state index in [1.54, 1.807) is 0 Å². The number of sulfonamides is 1. The Bertz CT molecular complexity index is 1480. The van der Waals surface area contributed by atoms with Crippen molar-refractivity contribution in [2.24, 2.45) is 0 Å². The van der Waals surface area contributed by atoms with Gasteiger partial charge in [0.05, 0.1) is 17.5 Å². The van der Waals surface area contributed by atoms with Gasteiger partial charge in [-0.05, 0) is 49.1 Å². The summed E-state index contributed by atoms with van der Waals surface area (Å²) in [6.45, 7) is 4.37. The molecule has 11 heteroatoms. The van der Waals surface area contributed by atoms with Crippen LogP contribution in [0.1, 0.15) is 54.9 Å². The summed E-state index contributed by atoms with van der Waals surface area (Å²) < 4.78 is 66.0. The first kappa shape index (κ1) is 34.6. The predicted octanol–water partition coefficient (Wildman–Crippen LogP) is 6.12. The second kappa shape index (κ2) is 15.7. The van der Waals surface area contributed by atoms with Crippen LogP contribution in [-0.4, -0.2) is 50.5 Å². The second-order valence-electron chi connectivity index (χ2n) is 10.8. The smallest absolute Gasteiger partial charge is 0.354 e. The standard InChI is InChI=1S/C33H40F3N3O4S/c1-4-5-20-37-32(41)30(22-26-11-7-6-8-12-26)38(24-27-18-16-25(2)17-19-27)31(40)15-10-21-39(44(3,42)43)29-14-9-13-28(23-29)33(34,35)36/h6-9,11-14,16-19,23,30H,4-5,10,15,20-22,24H2,1-3H3,(H,37,41). The van der Waals surface area contributed by atoms with Gasteiger partial charge in [-0.3, -0.25) is 13.9 Å². The Morgan fingerprint density at radius 3 is 2.20 bits per heavy atom. The van der Waals surface area contributed by atoms with Gasteiger partial charge in [-0.2, -0.15) is 13.2 Å². The van der Waals surface area contributed by atoms with Crippen molar-refractivity contribution in [1.82, 2.24) is 10.2 Å². The second-order valence-corrected chi connectivity index (χ2v) is 12.8. The Hall–Kier alpha value is -3.86. The minimum atomic E-state index is -4.64. The number of nitrogens with one attached hydrogen (secondary N) is 1. The minimum absolute atomic E-state index is 0.0298. The molecule has 0 fully saturated rings. The summed E-state index contributed by atoms with van der Waals surface area (Å²) >= 11 is 0. The van der Waals surface area contributed by atoms with Crippen molar-refractivity contribution in [3.8, 4) is 0 Å². The third kappa shape index (κ3) is 10.4. The van der Waals surface area contributed by atoms with E-state index in [1.807, 2.05) is 68.4 Å². The van der Waals surface area contributed by atoms with E-state index in [0.29, 0.717) is 6.54 Å². The van der Waals surface area contributed by atoms with Crippen molar-refractivity contribution in [2.75, 3.05) is 23.7 Å². The topological polar surface area (TPSA) is 86.8 Å². The minimum Gasteiger partial charge on any atom is -0.354 e. The van der Waals surface area contributed by atoms with E-state index in [2.05, 4.69) is 5.32 Å². The van der Waals surface area contributed by atoms with Gasteiger partial charge in [0.2, 0.25) is 21.8 Å². The molecule has 0 bridgehead atoms. The SMILES string of the molecule is CCCCNC(=O)C(Cc1ccccc1)N(Cc1ccc(C)cc1)C(=O)CCCN(c1cccc(C(F)(F)F)c1)S(C)(=O)=O. The highest BCUT2D eigenvalue weighted by Gasteiger charge is 2.32. The third-order valence-corrected chi connectivity index (χ3v) is 8.38. The zero-order valence-electron chi connectivity index (χ0n) is 25.3. The highest BCUT2D eigenvalue weighted by molar-refractivity contribution is 7.92. The normalized spacial score (nSPS) is 12.4. The number of carbonyl (C=O) groups is 2. The number of rotatable bonds is 15. The third-order valence-electron chi connectivity index (χ3n) is 7.19. The Balaban J connectivity index is 1.88. The van der Waals surface area contributed by atoms with Crippen molar-refractivity contribution in [3.63, 3.8) is 0 Å². The van der Waals surface area contributed by atoms with Crippen LogP contribution < -0.4 is 9.62 Å². The molecule has 7 nitrogen and oxygen atoms in total.